The van der Waals surface area contributed by atoms with Gasteiger partial charge in [0, 0.05) is 11.1 Å². The van der Waals surface area contributed by atoms with Gasteiger partial charge in [-0.25, -0.2) is 0 Å². The molecule has 0 saturated heterocycles. The maximum absolute atomic E-state index is 8.26. The molecule has 0 aliphatic rings. The Morgan fingerprint density at radius 3 is 2.40 bits per heavy atom. The van der Waals surface area contributed by atoms with Crippen molar-refractivity contribution in [1.29, 1.82) is 5.26 Å². The summed E-state index contributed by atoms with van der Waals surface area (Å²) in [7, 11) is 0. The largest absolute Gasteiger partial charge is 0.398 e. The van der Waals surface area contributed by atoms with Gasteiger partial charge in [-0.15, -0.1) is 23.7 Å². The van der Waals surface area contributed by atoms with E-state index in [1.165, 1.54) is 11.3 Å². The fourth-order valence-electron chi connectivity index (χ4n) is 0.410. The predicted octanol–water partition coefficient (Wildman–Crippen LogP) is 2.26. The van der Waals surface area contributed by atoms with E-state index in [0.29, 0.717) is 10.6 Å². The third-order valence-electron chi connectivity index (χ3n) is 0.730. The SMILES string of the molecule is C.Cl.N#Cc1cc(N)cs1. The third kappa shape index (κ3) is 2.72. The molecule has 2 N–H and O–H groups in total. The molecular formula is C6H9ClN2S. The molecule has 0 radical (unpaired) electrons. The van der Waals surface area contributed by atoms with Gasteiger partial charge < -0.3 is 5.73 Å². The molecule has 0 bridgehead atoms. The molecule has 1 aromatic heterocycles. The van der Waals surface area contributed by atoms with E-state index in [-0.39, 0.29) is 19.8 Å². The molecule has 0 atom stereocenters. The van der Waals surface area contributed by atoms with E-state index in [1.807, 2.05) is 6.07 Å². The third-order valence-corrected chi connectivity index (χ3v) is 1.58. The smallest absolute Gasteiger partial charge is 0.110 e. The van der Waals surface area contributed by atoms with Gasteiger partial charge in [0.25, 0.3) is 0 Å². The van der Waals surface area contributed by atoms with Gasteiger partial charge in [-0.1, -0.05) is 7.43 Å². The van der Waals surface area contributed by atoms with Gasteiger partial charge in [-0.05, 0) is 6.07 Å². The normalized spacial score (nSPS) is 6.70. The van der Waals surface area contributed by atoms with Crippen LogP contribution in [-0.4, -0.2) is 0 Å². The van der Waals surface area contributed by atoms with Crippen LogP contribution in [0.1, 0.15) is 12.3 Å². The summed E-state index contributed by atoms with van der Waals surface area (Å²) in [6.07, 6.45) is 0. The summed E-state index contributed by atoms with van der Waals surface area (Å²) >= 11 is 1.36. The van der Waals surface area contributed by atoms with Gasteiger partial charge in [-0.2, -0.15) is 5.26 Å². The fourth-order valence-corrected chi connectivity index (χ4v) is 0.997. The lowest BCUT2D eigenvalue weighted by Gasteiger charge is -1.70. The number of nitriles is 1. The van der Waals surface area contributed by atoms with Crippen molar-refractivity contribution in [2.24, 2.45) is 0 Å². The van der Waals surface area contributed by atoms with Gasteiger partial charge >= 0.3 is 0 Å². The molecule has 1 heterocycles. The predicted molar refractivity (Wildman–Crippen MR) is 47.4 cm³/mol. The van der Waals surface area contributed by atoms with Crippen LogP contribution in [0.2, 0.25) is 0 Å². The van der Waals surface area contributed by atoms with Gasteiger partial charge in [0.2, 0.25) is 0 Å². The first-order valence-corrected chi connectivity index (χ1v) is 2.95. The molecule has 0 unspecified atom stereocenters. The topological polar surface area (TPSA) is 49.8 Å². The van der Waals surface area contributed by atoms with Crippen molar-refractivity contribution in [2.45, 2.75) is 7.43 Å². The Balaban J connectivity index is 0. The first-order valence-electron chi connectivity index (χ1n) is 2.07. The average Bonchev–Trinajstić information content (AvgIpc) is 2.14. The number of hydrogen-bond donors (Lipinski definition) is 1. The number of nitrogens with zero attached hydrogens (tertiary/aromatic N) is 1. The minimum Gasteiger partial charge on any atom is -0.398 e. The molecule has 1 aromatic rings. The van der Waals surface area contributed by atoms with Crippen LogP contribution in [0.4, 0.5) is 5.69 Å². The van der Waals surface area contributed by atoms with Crippen molar-refractivity contribution in [2.75, 3.05) is 5.73 Å². The van der Waals surface area contributed by atoms with E-state index in [2.05, 4.69) is 0 Å². The van der Waals surface area contributed by atoms with Gasteiger partial charge in [0.1, 0.15) is 10.9 Å². The maximum Gasteiger partial charge on any atom is 0.110 e. The highest BCUT2D eigenvalue weighted by molar-refractivity contribution is 7.11. The van der Waals surface area contributed by atoms with Crippen LogP contribution >= 0.6 is 23.7 Å². The standard InChI is InChI=1S/C5H4N2S.CH4.ClH/c6-2-5-1-4(7)3-8-5;;/h1,3H,7H2;1H4;1H. The summed E-state index contributed by atoms with van der Waals surface area (Å²) in [5.74, 6) is 0. The second-order valence-corrected chi connectivity index (χ2v) is 2.27. The molecule has 0 aliphatic carbocycles. The van der Waals surface area contributed by atoms with E-state index in [9.17, 15) is 0 Å². The van der Waals surface area contributed by atoms with E-state index >= 15 is 0 Å². The molecule has 56 valence electrons. The Morgan fingerprint density at radius 2 is 2.20 bits per heavy atom. The zero-order valence-electron chi connectivity index (χ0n) is 4.50. The average molecular weight is 177 g/mol. The zero-order chi connectivity index (χ0) is 5.98. The van der Waals surface area contributed by atoms with Gasteiger partial charge in [-0.3, -0.25) is 0 Å². The summed E-state index contributed by atoms with van der Waals surface area (Å²) in [6.45, 7) is 0. The first-order chi connectivity index (χ1) is 3.83. The van der Waals surface area contributed by atoms with Crippen molar-refractivity contribution < 1.29 is 0 Å². The lowest BCUT2D eigenvalue weighted by molar-refractivity contribution is 1.52. The van der Waals surface area contributed by atoms with E-state index < -0.39 is 0 Å². The number of nitrogens with two attached hydrogens (primary N) is 1. The Bertz CT molecular complexity index is 226. The van der Waals surface area contributed by atoms with Crippen LogP contribution < -0.4 is 5.73 Å². The number of nitrogen functional groups attached to an aromatic ring is 1. The Labute approximate surface area is 70.7 Å². The van der Waals surface area contributed by atoms with Crippen molar-refractivity contribution in [1.82, 2.24) is 0 Å². The monoisotopic (exact) mass is 176 g/mol. The van der Waals surface area contributed by atoms with Crippen LogP contribution in [0.15, 0.2) is 11.4 Å². The second-order valence-electron chi connectivity index (χ2n) is 1.36. The van der Waals surface area contributed by atoms with E-state index in [0.717, 1.165) is 0 Å². The molecule has 0 saturated carbocycles. The van der Waals surface area contributed by atoms with Crippen molar-refractivity contribution in [3.63, 3.8) is 0 Å². The molecule has 0 aliphatic heterocycles. The fraction of sp³-hybridized carbons (Fsp3) is 0.167. The molecule has 4 heteroatoms. The van der Waals surface area contributed by atoms with Gasteiger partial charge in [0.05, 0.1) is 0 Å². The van der Waals surface area contributed by atoms with E-state index in [1.54, 1.807) is 11.4 Å². The highest BCUT2D eigenvalue weighted by Gasteiger charge is 1.90. The number of rotatable bonds is 0. The first kappa shape index (κ1) is 12.0. The summed E-state index contributed by atoms with van der Waals surface area (Å²) in [5.41, 5.74) is 5.99. The van der Waals surface area contributed by atoms with Gasteiger partial charge in [0.15, 0.2) is 0 Å². The molecule has 0 spiro atoms. The second kappa shape index (κ2) is 5.10. The Hall–Kier alpha value is -0.720. The molecule has 10 heavy (non-hydrogen) atoms. The number of halogens is 1. The van der Waals surface area contributed by atoms with Crippen LogP contribution in [0.25, 0.3) is 0 Å². The van der Waals surface area contributed by atoms with Crippen LogP contribution in [0, 0.1) is 11.3 Å². The number of hydrogen-bond acceptors (Lipinski definition) is 3. The minimum atomic E-state index is 0. The van der Waals surface area contributed by atoms with Crippen molar-refractivity contribution in [3.8, 4) is 6.07 Å². The van der Waals surface area contributed by atoms with Crippen LogP contribution in [0.5, 0.6) is 0 Å². The van der Waals surface area contributed by atoms with Crippen LogP contribution in [0.3, 0.4) is 0 Å². The van der Waals surface area contributed by atoms with Crippen molar-refractivity contribution in [3.05, 3.63) is 16.3 Å². The quantitative estimate of drug-likeness (QED) is 0.659. The molecule has 2 nitrogen and oxygen atoms in total. The highest BCUT2D eigenvalue weighted by Crippen LogP contribution is 2.13. The lowest BCUT2D eigenvalue weighted by atomic mass is 10.5. The maximum atomic E-state index is 8.26. The summed E-state index contributed by atoms with van der Waals surface area (Å²) in [5, 5.41) is 10.0. The summed E-state index contributed by atoms with van der Waals surface area (Å²) < 4.78 is 0. The molecule has 0 amide bonds. The molecule has 0 aromatic carbocycles. The highest BCUT2D eigenvalue weighted by atomic mass is 35.5. The molecule has 0 fully saturated rings. The summed E-state index contributed by atoms with van der Waals surface area (Å²) in [6, 6.07) is 3.64. The summed E-state index contributed by atoms with van der Waals surface area (Å²) in [4.78, 5) is 0.669. The Morgan fingerprint density at radius 1 is 1.60 bits per heavy atom. The number of thiophene rings is 1. The number of anilines is 1. The van der Waals surface area contributed by atoms with Crippen molar-refractivity contribution >= 4 is 29.4 Å². The lowest BCUT2D eigenvalue weighted by Crippen LogP contribution is -1.75. The molecule has 1 rings (SSSR count). The molecular weight excluding hydrogens is 168 g/mol. The van der Waals surface area contributed by atoms with Crippen LogP contribution in [-0.2, 0) is 0 Å². The zero-order valence-corrected chi connectivity index (χ0v) is 6.13. The van der Waals surface area contributed by atoms with E-state index in [4.69, 9.17) is 11.0 Å². The minimum absolute atomic E-state index is 0. The Kier molecular flexibility index (Phi) is 6.12.